The highest BCUT2D eigenvalue weighted by Gasteiger charge is 2.22. The molecule has 1 heterocycles. The molecule has 0 atom stereocenters. The molecule has 0 bridgehead atoms. The van der Waals surface area contributed by atoms with Gasteiger partial charge in [-0.2, -0.15) is 4.31 Å². The van der Waals surface area contributed by atoms with Crippen LogP contribution in [0.25, 0.3) is 11.0 Å². The number of rotatable bonds is 8. The van der Waals surface area contributed by atoms with Gasteiger partial charge in [-0.3, -0.25) is 4.79 Å². The van der Waals surface area contributed by atoms with E-state index in [1.165, 1.54) is 10.4 Å². The Morgan fingerprint density at radius 3 is 2.50 bits per heavy atom. The van der Waals surface area contributed by atoms with E-state index in [1.807, 2.05) is 32.0 Å². The summed E-state index contributed by atoms with van der Waals surface area (Å²) in [5, 5.41) is 11.1. The molecule has 1 amide bonds. The first kappa shape index (κ1) is 21.9. The molecule has 0 saturated heterocycles. The van der Waals surface area contributed by atoms with E-state index in [-0.39, 0.29) is 17.2 Å². The van der Waals surface area contributed by atoms with Crippen LogP contribution in [0.1, 0.15) is 31.4 Å². The van der Waals surface area contributed by atoms with Crippen molar-refractivity contribution in [3.8, 4) is 0 Å². The highest BCUT2D eigenvalue weighted by atomic mass is 32.2. The highest BCUT2D eigenvalue weighted by molar-refractivity contribution is 7.89. The Kier molecular flexibility index (Phi) is 6.52. The summed E-state index contributed by atoms with van der Waals surface area (Å²) in [6.45, 7) is 8.72. The summed E-state index contributed by atoms with van der Waals surface area (Å²) < 4.78 is 28.4. The quantitative estimate of drug-likeness (QED) is 0.593. The molecular formula is C21H27N5O3S. The normalized spacial score (nSPS) is 11.9. The lowest BCUT2D eigenvalue weighted by Crippen LogP contribution is -2.30. The van der Waals surface area contributed by atoms with Gasteiger partial charge in [0.15, 0.2) is 0 Å². The van der Waals surface area contributed by atoms with Crippen LogP contribution in [0.4, 0.5) is 5.69 Å². The molecular weight excluding hydrogens is 402 g/mol. The lowest BCUT2D eigenvalue weighted by molar-refractivity contribution is -0.116. The maximum Gasteiger partial charge on any atom is 0.243 e. The van der Waals surface area contributed by atoms with Crippen LogP contribution in [0.3, 0.4) is 0 Å². The van der Waals surface area contributed by atoms with Crippen molar-refractivity contribution in [1.82, 2.24) is 19.3 Å². The van der Waals surface area contributed by atoms with Gasteiger partial charge in [0.25, 0.3) is 0 Å². The fraction of sp³-hybridized carbons (Fsp3) is 0.381. The van der Waals surface area contributed by atoms with Crippen molar-refractivity contribution < 1.29 is 13.2 Å². The second-order valence-corrected chi connectivity index (χ2v) is 9.11. The number of carbonyl (C=O) groups excluding carboxylic acids is 1. The smallest absolute Gasteiger partial charge is 0.243 e. The zero-order chi connectivity index (χ0) is 21.9. The third kappa shape index (κ3) is 4.52. The van der Waals surface area contributed by atoms with E-state index in [2.05, 4.69) is 15.6 Å². The SMILES string of the molecule is CCN(CC)S(=O)(=O)c1ccc2c(c1)nnn2CCC(=O)Nc1ccc(C)cc1C. The molecule has 0 aliphatic carbocycles. The van der Waals surface area contributed by atoms with Gasteiger partial charge in [-0.25, -0.2) is 13.1 Å². The lowest BCUT2D eigenvalue weighted by atomic mass is 10.1. The number of sulfonamides is 1. The Bertz CT molecular complexity index is 1170. The van der Waals surface area contributed by atoms with E-state index >= 15 is 0 Å². The number of aromatic nitrogens is 3. The van der Waals surface area contributed by atoms with E-state index in [0.29, 0.717) is 30.7 Å². The molecule has 0 fully saturated rings. The van der Waals surface area contributed by atoms with Crippen LogP contribution in [0.15, 0.2) is 41.3 Å². The average molecular weight is 430 g/mol. The van der Waals surface area contributed by atoms with Crippen molar-refractivity contribution in [1.29, 1.82) is 0 Å². The van der Waals surface area contributed by atoms with Gasteiger partial charge in [-0.05, 0) is 43.7 Å². The zero-order valence-electron chi connectivity index (χ0n) is 17.7. The molecule has 30 heavy (non-hydrogen) atoms. The molecule has 1 aromatic heterocycles. The number of anilines is 1. The van der Waals surface area contributed by atoms with Crippen LogP contribution in [0.2, 0.25) is 0 Å². The van der Waals surface area contributed by atoms with Crippen molar-refractivity contribution in [2.24, 2.45) is 0 Å². The number of benzene rings is 2. The zero-order valence-corrected chi connectivity index (χ0v) is 18.5. The Hall–Kier alpha value is -2.78. The van der Waals surface area contributed by atoms with E-state index in [4.69, 9.17) is 0 Å². The highest BCUT2D eigenvalue weighted by Crippen LogP contribution is 2.21. The van der Waals surface area contributed by atoms with Crippen LogP contribution in [0.5, 0.6) is 0 Å². The third-order valence-corrected chi connectivity index (χ3v) is 7.08. The average Bonchev–Trinajstić information content (AvgIpc) is 3.11. The Labute approximate surface area is 176 Å². The summed E-state index contributed by atoms with van der Waals surface area (Å²) >= 11 is 0. The summed E-state index contributed by atoms with van der Waals surface area (Å²) in [5.74, 6) is -0.119. The van der Waals surface area contributed by atoms with Gasteiger partial charge in [0.1, 0.15) is 5.52 Å². The maximum absolute atomic E-state index is 12.7. The summed E-state index contributed by atoms with van der Waals surface area (Å²) in [4.78, 5) is 12.5. The van der Waals surface area contributed by atoms with Crippen LogP contribution >= 0.6 is 0 Å². The van der Waals surface area contributed by atoms with Crippen molar-refractivity contribution in [3.05, 3.63) is 47.5 Å². The minimum Gasteiger partial charge on any atom is -0.326 e. The Morgan fingerprint density at radius 1 is 1.10 bits per heavy atom. The van der Waals surface area contributed by atoms with E-state index in [0.717, 1.165) is 16.8 Å². The third-order valence-electron chi connectivity index (χ3n) is 5.04. The molecule has 3 aromatic rings. The van der Waals surface area contributed by atoms with Gasteiger partial charge in [-0.15, -0.1) is 5.10 Å². The number of amides is 1. The van der Waals surface area contributed by atoms with Gasteiger partial charge in [0.2, 0.25) is 15.9 Å². The van der Waals surface area contributed by atoms with Crippen molar-refractivity contribution in [2.45, 2.75) is 45.6 Å². The van der Waals surface area contributed by atoms with Crippen LogP contribution in [-0.2, 0) is 21.4 Å². The molecule has 1 N–H and O–H groups in total. The minimum atomic E-state index is -3.56. The van der Waals surface area contributed by atoms with Gasteiger partial charge < -0.3 is 5.32 Å². The molecule has 0 saturated carbocycles. The number of fused-ring (bicyclic) bond motifs is 1. The Balaban J connectivity index is 1.72. The summed E-state index contributed by atoms with van der Waals surface area (Å²) in [6, 6.07) is 10.6. The number of aryl methyl sites for hydroxylation is 3. The minimum absolute atomic E-state index is 0.119. The summed E-state index contributed by atoms with van der Waals surface area (Å²) in [7, 11) is -3.56. The number of hydrogen-bond acceptors (Lipinski definition) is 5. The molecule has 160 valence electrons. The molecule has 0 radical (unpaired) electrons. The van der Waals surface area contributed by atoms with Crippen LogP contribution < -0.4 is 5.32 Å². The topological polar surface area (TPSA) is 97.2 Å². The predicted octanol–water partition coefficient (Wildman–Crippen LogP) is 3.11. The summed E-state index contributed by atoms with van der Waals surface area (Å²) in [6.07, 6.45) is 0.227. The number of nitrogens with zero attached hydrogens (tertiary/aromatic N) is 4. The fourth-order valence-corrected chi connectivity index (χ4v) is 4.84. The molecule has 8 nitrogen and oxygen atoms in total. The van der Waals surface area contributed by atoms with E-state index in [1.54, 1.807) is 30.7 Å². The second kappa shape index (κ2) is 8.93. The molecule has 0 aliphatic rings. The van der Waals surface area contributed by atoms with Crippen molar-refractivity contribution in [2.75, 3.05) is 18.4 Å². The van der Waals surface area contributed by atoms with E-state index < -0.39 is 10.0 Å². The lowest BCUT2D eigenvalue weighted by Gasteiger charge is -2.18. The molecule has 2 aromatic carbocycles. The van der Waals surface area contributed by atoms with Crippen LogP contribution in [-0.4, -0.2) is 46.7 Å². The van der Waals surface area contributed by atoms with Crippen molar-refractivity contribution >= 4 is 32.7 Å². The number of hydrogen-bond donors (Lipinski definition) is 1. The molecule has 0 unspecified atom stereocenters. The monoisotopic (exact) mass is 429 g/mol. The standard InChI is InChI=1S/C21H27N5O3S/c1-5-25(6-2)30(28,29)17-8-10-20-19(14-17)23-24-26(20)12-11-21(27)22-18-9-7-15(3)13-16(18)4/h7-10,13-14H,5-6,11-12H2,1-4H3,(H,22,27). The van der Waals surface area contributed by atoms with Gasteiger partial charge in [-0.1, -0.05) is 36.8 Å². The molecule has 0 spiro atoms. The van der Waals surface area contributed by atoms with Gasteiger partial charge in [0.05, 0.1) is 17.0 Å². The van der Waals surface area contributed by atoms with Gasteiger partial charge >= 0.3 is 0 Å². The first-order valence-electron chi connectivity index (χ1n) is 9.96. The maximum atomic E-state index is 12.7. The first-order chi connectivity index (χ1) is 14.3. The molecule has 3 rings (SSSR count). The van der Waals surface area contributed by atoms with E-state index in [9.17, 15) is 13.2 Å². The Morgan fingerprint density at radius 2 is 1.83 bits per heavy atom. The number of nitrogens with one attached hydrogen (secondary N) is 1. The number of carbonyl (C=O) groups is 1. The van der Waals surface area contributed by atoms with Crippen LogP contribution in [0, 0.1) is 13.8 Å². The summed E-state index contributed by atoms with van der Waals surface area (Å²) in [5.41, 5.74) is 4.12. The van der Waals surface area contributed by atoms with Gasteiger partial charge in [0, 0.05) is 25.2 Å². The predicted molar refractivity (Wildman–Crippen MR) is 117 cm³/mol. The first-order valence-corrected chi connectivity index (χ1v) is 11.4. The molecule has 9 heteroatoms. The molecule has 0 aliphatic heterocycles. The van der Waals surface area contributed by atoms with Crippen molar-refractivity contribution in [3.63, 3.8) is 0 Å². The largest absolute Gasteiger partial charge is 0.326 e. The second-order valence-electron chi connectivity index (χ2n) is 7.17. The fourth-order valence-electron chi connectivity index (χ4n) is 3.36.